The summed E-state index contributed by atoms with van der Waals surface area (Å²) in [7, 11) is 0. The molecule has 14 heteroatoms. The molecule has 170 valence electrons. The zero-order valence-corrected chi connectivity index (χ0v) is 17.1. The van der Waals surface area contributed by atoms with Crippen LogP contribution in [0.1, 0.15) is 42.0 Å². The van der Waals surface area contributed by atoms with Gasteiger partial charge in [0.25, 0.3) is 11.1 Å². The molecule has 0 atom stereocenters. The van der Waals surface area contributed by atoms with E-state index in [0.717, 1.165) is 25.3 Å². The summed E-state index contributed by atoms with van der Waals surface area (Å²) in [5, 5.41) is 17.7. The van der Waals surface area contributed by atoms with E-state index in [9.17, 15) is 27.6 Å². The van der Waals surface area contributed by atoms with E-state index in [-0.39, 0.29) is 11.8 Å². The minimum absolute atomic E-state index is 0.0356. The maximum atomic E-state index is 13.8. The largest absolute Gasteiger partial charge is 0.435 e. The monoisotopic (exact) mass is 480 g/mol. The van der Waals surface area contributed by atoms with E-state index in [1.807, 2.05) is 0 Å². The molecule has 0 saturated heterocycles. The second-order valence-corrected chi connectivity index (χ2v) is 7.56. The second kappa shape index (κ2) is 8.21. The van der Waals surface area contributed by atoms with Crippen molar-refractivity contribution < 1.29 is 17.9 Å². The van der Waals surface area contributed by atoms with Crippen molar-refractivity contribution in [3.05, 3.63) is 71.2 Å². The number of halogens is 4. The predicted molar refractivity (Wildman–Crippen MR) is 107 cm³/mol. The molecule has 0 aliphatic heterocycles. The van der Waals surface area contributed by atoms with Crippen LogP contribution in [-0.4, -0.2) is 25.0 Å². The summed E-state index contributed by atoms with van der Waals surface area (Å²) in [6.45, 7) is 0. The van der Waals surface area contributed by atoms with Crippen LogP contribution in [0, 0.1) is 11.3 Å². The van der Waals surface area contributed by atoms with Crippen LogP contribution in [0.3, 0.4) is 0 Å². The minimum Gasteiger partial charge on any atom is -0.435 e. The zero-order valence-electron chi connectivity index (χ0n) is 16.4. The fourth-order valence-electron chi connectivity index (χ4n) is 3.24. The van der Waals surface area contributed by atoms with Crippen molar-refractivity contribution >= 4 is 11.6 Å². The summed E-state index contributed by atoms with van der Waals surface area (Å²) >= 11 is 6.06. The topological polar surface area (TPSA) is 147 Å². The van der Waals surface area contributed by atoms with Crippen LogP contribution in [-0.2, 0) is 6.18 Å². The number of benzene rings is 1. The lowest BCUT2D eigenvalue weighted by Gasteiger charge is -2.24. The number of aromatic nitrogens is 5. The third kappa shape index (κ3) is 4.24. The Bertz CT molecular complexity index is 1470. The minimum atomic E-state index is -4.99. The molecule has 0 spiro atoms. The number of H-pyrrole nitrogens is 2. The molecule has 10 nitrogen and oxygen atoms in total. The number of nitriles is 1. The van der Waals surface area contributed by atoms with Crippen molar-refractivity contribution in [3.63, 3.8) is 0 Å². The number of ether oxygens (including phenoxy) is 1. The number of hydrogen-bond donors (Lipinski definition) is 2. The van der Waals surface area contributed by atoms with Crippen LogP contribution in [0.4, 0.5) is 13.2 Å². The molecule has 1 aliphatic rings. The highest BCUT2D eigenvalue weighted by molar-refractivity contribution is 6.32. The van der Waals surface area contributed by atoms with Gasteiger partial charge in [0.05, 0.1) is 10.7 Å². The van der Waals surface area contributed by atoms with Crippen LogP contribution >= 0.6 is 11.6 Å². The molecule has 4 rings (SSSR count). The molecule has 2 heterocycles. The number of nitrogens with zero attached hydrogens (tertiary/aromatic N) is 4. The van der Waals surface area contributed by atoms with E-state index in [0.29, 0.717) is 16.3 Å². The summed E-state index contributed by atoms with van der Waals surface area (Å²) in [4.78, 5) is 37.4. The van der Waals surface area contributed by atoms with E-state index >= 15 is 0 Å². The Labute approximate surface area is 186 Å². The molecule has 33 heavy (non-hydrogen) atoms. The summed E-state index contributed by atoms with van der Waals surface area (Å²) in [5.41, 5.74) is -4.96. The average molecular weight is 481 g/mol. The Morgan fingerprint density at radius 2 is 1.91 bits per heavy atom. The molecule has 0 unspecified atom stereocenters. The van der Waals surface area contributed by atoms with Gasteiger partial charge in [-0.3, -0.25) is 14.6 Å². The van der Waals surface area contributed by atoms with Gasteiger partial charge in [-0.1, -0.05) is 18.0 Å². The Hall–Kier alpha value is -3.92. The van der Waals surface area contributed by atoms with Gasteiger partial charge >= 0.3 is 11.9 Å². The van der Waals surface area contributed by atoms with Crippen LogP contribution in [0.25, 0.3) is 5.69 Å². The van der Waals surface area contributed by atoms with Gasteiger partial charge in [0, 0.05) is 11.6 Å². The number of alkyl halides is 3. The molecule has 0 radical (unpaired) electrons. The Kier molecular flexibility index (Phi) is 5.54. The first-order chi connectivity index (χ1) is 15.6. The third-order valence-electron chi connectivity index (χ3n) is 5.07. The van der Waals surface area contributed by atoms with Gasteiger partial charge in [0.1, 0.15) is 11.6 Å². The second-order valence-electron chi connectivity index (χ2n) is 7.15. The molecule has 1 aliphatic carbocycles. The third-order valence-corrected chi connectivity index (χ3v) is 5.35. The number of hydrogen-bond acceptors (Lipinski definition) is 7. The van der Waals surface area contributed by atoms with Gasteiger partial charge in [-0.25, -0.2) is 9.89 Å². The molecule has 1 aromatic carbocycles. The SMILES string of the molecule is N#Cc1nn(-c2cc(Cl)c(Oc3cc(C4CCC4)c(=O)[nH]n3)c(C(F)(F)F)c2)c(=O)[nH]c1=O. The molecule has 2 N–H and O–H groups in total. The van der Waals surface area contributed by atoms with Gasteiger partial charge in [-0.15, -0.1) is 10.2 Å². The number of aromatic amines is 2. The summed E-state index contributed by atoms with van der Waals surface area (Å²) in [6, 6.07) is 4.16. The Balaban J connectivity index is 1.83. The van der Waals surface area contributed by atoms with Gasteiger partial charge in [-0.2, -0.15) is 23.1 Å². The van der Waals surface area contributed by atoms with Crippen molar-refractivity contribution in [2.45, 2.75) is 31.4 Å². The van der Waals surface area contributed by atoms with Crippen LogP contribution in [0.15, 0.2) is 32.6 Å². The summed E-state index contributed by atoms with van der Waals surface area (Å²) in [6.07, 6.45) is -2.53. The maximum absolute atomic E-state index is 13.8. The van der Waals surface area contributed by atoms with E-state index in [4.69, 9.17) is 21.6 Å². The highest BCUT2D eigenvalue weighted by atomic mass is 35.5. The fraction of sp³-hybridized carbons (Fsp3) is 0.263. The van der Waals surface area contributed by atoms with E-state index in [2.05, 4.69) is 15.3 Å². The number of nitrogens with one attached hydrogen (secondary N) is 2. The quantitative estimate of drug-likeness (QED) is 0.583. The van der Waals surface area contributed by atoms with Crippen LogP contribution < -0.4 is 21.5 Å². The zero-order chi connectivity index (χ0) is 23.9. The first-order valence-electron chi connectivity index (χ1n) is 9.41. The molecule has 1 saturated carbocycles. The molecular formula is C19H12ClF3N6O4. The Morgan fingerprint density at radius 3 is 2.52 bits per heavy atom. The van der Waals surface area contributed by atoms with E-state index in [1.165, 1.54) is 12.1 Å². The number of rotatable bonds is 4. The first-order valence-corrected chi connectivity index (χ1v) is 9.78. The van der Waals surface area contributed by atoms with Crippen LogP contribution in [0.2, 0.25) is 5.02 Å². The predicted octanol–water partition coefficient (Wildman–Crippen LogP) is 2.61. The average Bonchev–Trinajstić information content (AvgIpc) is 2.70. The fourth-order valence-corrected chi connectivity index (χ4v) is 3.50. The molecular weight excluding hydrogens is 469 g/mol. The van der Waals surface area contributed by atoms with Gasteiger partial charge in [0.2, 0.25) is 11.6 Å². The van der Waals surface area contributed by atoms with Crippen molar-refractivity contribution in [2.75, 3.05) is 0 Å². The van der Waals surface area contributed by atoms with Crippen molar-refractivity contribution in [1.29, 1.82) is 5.26 Å². The normalized spacial score (nSPS) is 13.9. The van der Waals surface area contributed by atoms with Gasteiger partial charge < -0.3 is 4.74 Å². The standard InChI is InChI=1S/C19H12ClF3N6O4/c20-12-5-9(29-18(32)25-17(31)13(7-24)28-29)4-11(19(21,22)23)15(12)33-14-6-10(8-2-1-3-8)16(30)27-26-14/h4-6,8H,1-3H2,(H,27,30)(H,25,31,32). The maximum Gasteiger partial charge on any atom is 0.420 e. The summed E-state index contributed by atoms with van der Waals surface area (Å²) in [5.74, 6) is -1.15. The van der Waals surface area contributed by atoms with Crippen molar-refractivity contribution in [1.82, 2.24) is 25.0 Å². The lowest BCUT2D eigenvalue weighted by atomic mass is 9.81. The molecule has 0 bridgehead atoms. The lowest BCUT2D eigenvalue weighted by Crippen LogP contribution is -2.33. The first kappa shape index (κ1) is 22.3. The Morgan fingerprint density at radius 1 is 1.18 bits per heavy atom. The highest BCUT2D eigenvalue weighted by Gasteiger charge is 2.37. The van der Waals surface area contributed by atoms with Crippen molar-refractivity contribution in [2.24, 2.45) is 0 Å². The molecule has 3 aromatic rings. The van der Waals surface area contributed by atoms with E-state index < -0.39 is 50.7 Å². The van der Waals surface area contributed by atoms with Crippen molar-refractivity contribution in [3.8, 4) is 23.4 Å². The van der Waals surface area contributed by atoms with Gasteiger partial charge in [-0.05, 0) is 30.9 Å². The lowest BCUT2D eigenvalue weighted by molar-refractivity contribution is -0.138. The van der Waals surface area contributed by atoms with Gasteiger partial charge in [0.15, 0.2) is 5.75 Å². The highest BCUT2D eigenvalue weighted by Crippen LogP contribution is 2.43. The molecule has 0 amide bonds. The summed E-state index contributed by atoms with van der Waals surface area (Å²) < 4.78 is 47.2. The smallest absolute Gasteiger partial charge is 0.420 e. The van der Waals surface area contributed by atoms with Crippen LogP contribution in [0.5, 0.6) is 11.6 Å². The molecule has 1 fully saturated rings. The van der Waals surface area contributed by atoms with E-state index in [1.54, 1.807) is 4.98 Å². The molecule has 2 aromatic heterocycles.